The van der Waals surface area contributed by atoms with Crippen LogP contribution in [0.4, 0.5) is 5.82 Å². The molecule has 0 spiro atoms. The van der Waals surface area contributed by atoms with Gasteiger partial charge in [0.25, 0.3) is 0 Å². The Balaban J connectivity index is 2.20. The van der Waals surface area contributed by atoms with Gasteiger partial charge in [-0.25, -0.2) is 0 Å². The molecule has 0 atom stereocenters. The summed E-state index contributed by atoms with van der Waals surface area (Å²) in [6.45, 7) is 1.97. The number of hydrogen-bond acceptors (Lipinski definition) is 4. The second kappa shape index (κ2) is 3.59. The maximum Gasteiger partial charge on any atom is 0.174 e. The Hall–Kier alpha value is -2.36. The standard InChI is InChI=1S/C13H11N3O/c1-8-6-10(4-5-15-8)9-2-3-12-11(7-9)13(14)16-17-12/h2-7H,1H3,(H2,14,16). The molecule has 84 valence electrons. The zero-order valence-electron chi connectivity index (χ0n) is 9.34. The molecular weight excluding hydrogens is 214 g/mol. The molecule has 0 aliphatic heterocycles. The number of aromatic nitrogens is 2. The number of nitrogens with two attached hydrogens (primary N) is 1. The van der Waals surface area contributed by atoms with Crippen molar-refractivity contribution >= 4 is 16.8 Å². The molecule has 0 unspecified atom stereocenters. The summed E-state index contributed by atoms with van der Waals surface area (Å²) in [5.41, 5.74) is 9.62. The van der Waals surface area contributed by atoms with Crippen LogP contribution in [-0.4, -0.2) is 10.1 Å². The molecule has 2 N–H and O–H groups in total. The second-order valence-corrected chi connectivity index (χ2v) is 3.96. The number of fused-ring (bicyclic) bond motifs is 1. The van der Waals surface area contributed by atoms with E-state index in [9.17, 15) is 0 Å². The van der Waals surface area contributed by atoms with E-state index in [1.54, 1.807) is 6.20 Å². The molecule has 0 radical (unpaired) electrons. The van der Waals surface area contributed by atoms with Gasteiger partial charge in [-0.3, -0.25) is 4.98 Å². The van der Waals surface area contributed by atoms with Crippen molar-refractivity contribution in [2.24, 2.45) is 0 Å². The first kappa shape index (κ1) is 9.84. The van der Waals surface area contributed by atoms with Crippen molar-refractivity contribution < 1.29 is 4.52 Å². The molecule has 3 rings (SSSR count). The minimum Gasteiger partial charge on any atom is -0.380 e. The average molecular weight is 225 g/mol. The fourth-order valence-corrected chi connectivity index (χ4v) is 1.86. The largest absolute Gasteiger partial charge is 0.380 e. The van der Waals surface area contributed by atoms with E-state index in [0.717, 1.165) is 22.2 Å². The predicted molar refractivity (Wildman–Crippen MR) is 66.4 cm³/mol. The van der Waals surface area contributed by atoms with Gasteiger partial charge < -0.3 is 10.3 Å². The predicted octanol–water partition coefficient (Wildman–Crippen LogP) is 2.78. The summed E-state index contributed by atoms with van der Waals surface area (Å²) in [5.74, 6) is 0.424. The number of nitrogens with zero attached hydrogens (tertiary/aromatic N) is 2. The molecule has 0 amide bonds. The average Bonchev–Trinajstić information content (AvgIpc) is 2.71. The topological polar surface area (TPSA) is 64.9 Å². The van der Waals surface area contributed by atoms with E-state index in [1.165, 1.54) is 0 Å². The number of nitrogen functional groups attached to an aromatic ring is 1. The molecule has 4 heteroatoms. The Bertz CT molecular complexity index is 688. The highest BCUT2D eigenvalue weighted by molar-refractivity contribution is 5.90. The number of aryl methyl sites for hydroxylation is 1. The van der Waals surface area contributed by atoms with Gasteiger partial charge in [0.05, 0.1) is 5.39 Å². The van der Waals surface area contributed by atoms with Gasteiger partial charge >= 0.3 is 0 Å². The smallest absolute Gasteiger partial charge is 0.174 e. The third-order valence-electron chi connectivity index (χ3n) is 2.73. The van der Waals surface area contributed by atoms with Gasteiger partial charge in [-0.15, -0.1) is 0 Å². The van der Waals surface area contributed by atoms with Crippen molar-refractivity contribution in [3.8, 4) is 11.1 Å². The summed E-state index contributed by atoms with van der Waals surface area (Å²) < 4.78 is 5.08. The van der Waals surface area contributed by atoms with Gasteiger partial charge in [0.2, 0.25) is 0 Å². The zero-order chi connectivity index (χ0) is 11.8. The number of rotatable bonds is 1. The fraction of sp³-hybridized carbons (Fsp3) is 0.0769. The normalized spacial score (nSPS) is 10.9. The second-order valence-electron chi connectivity index (χ2n) is 3.96. The number of hydrogen-bond donors (Lipinski definition) is 1. The Morgan fingerprint density at radius 2 is 1.94 bits per heavy atom. The van der Waals surface area contributed by atoms with Crippen molar-refractivity contribution in [1.29, 1.82) is 0 Å². The summed E-state index contributed by atoms with van der Waals surface area (Å²) in [7, 11) is 0. The quantitative estimate of drug-likeness (QED) is 0.691. The Morgan fingerprint density at radius 1 is 1.12 bits per heavy atom. The molecule has 0 bridgehead atoms. The monoisotopic (exact) mass is 225 g/mol. The molecular formula is C13H11N3O. The Kier molecular flexibility index (Phi) is 2.08. The van der Waals surface area contributed by atoms with E-state index >= 15 is 0 Å². The molecule has 0 saturated heterocycles. The van der Waals surface area contributed by atoms with Crippen LogP contribution >= 0.6 is 0 Å². The third kappa shape index (κ3) is 1.63. The van der Waals surface area contributed by atoms with E-state index in [1.807, 2.05) is 37.3 Å². The molecule has 0 fully saturated rings. The van der Waals surface area contributed by atoms with E-state index in [4.69, 9.17) is 10.3 Å². The molecule has 0 saturated carbocycles. The van der Waals surface area contributed by atoms with Crippen LogP contribution < -0.4 is 5.73 Å². The molecule has 1 aromatic carbocycles. The van der Waals surface area contributed by atoms with Crippen molar-refractivity contribution in [1.82, 2.24) is 10.1 Å². The van der Waals surface area contributed by atoms with Crippen molar-refractivity contribution in [2.75, 3.05) is 5.73 Å². The summed E-state index contributed by atoms with van der Waals surface area (Å²) >= 11 is 0. The lowest BCUT2D eigenvalue weighted by atomic mass is 10.0. The van der Waals surface area contributed by atoms with E-state index in [2.05, 4.69) is 10.1 Å². The van der Waals surface area contributed by atoms with Gasteiger partial charge in [0.1, 0.15) is 0 Å². The highest BCUT2D eigenvalue weighted by Gasteiger charge is 2.06. The van der Waals surface area contributed by atoms with Crippen LogP contribution in [0.1, 0.15) is 5.69 Å². The first-order chi connectivity index (χ1) is 8.24. The maximum atomic E-state index is 5.74. The molecule has 4 nitrogen and oxygen atoms in total. The van der Waals surface area contributed by atoms with Gasteiger partial charge in [-0.2, -0.15) is 0 Å². The molecule has 0 aliphatic carbocycles. The van der Waals surface area contributed by atoms with E-state index in [0.29, 0.717) is 11.4 Å². The van der Waals surface area contributed by atoms with Gasteiger partial charge in [0.15, 0.2) is 11.4 Å². The van der Waals surface area contributed by atoms with Crippen molar-refractivity contribution in [2.45, 2.75) is 6.92 Å². The van der Waals surface area contributed by atoms with E-state index < -0.39 is 0 Å². The lowest BCUT2D eigenvalue weighted by molar-refractivity contribution is 0.460. The van der Waals surface area contributed by atoms with E-state index in [-0.39, 0.29) is 0 Å². The highest BCUT2D eigenvalue weighted by atomic mass is 16.5. The summed E-state index contributed by atoms with van der Waals surface area (Å²) in [4.78, 5) is 4.18. The van der Waals surface area contributed by atoms with Crippen LogP contribution in [-0.2, 0) is 0 Å². The fourth-order valence-electron chi connectivity index (χ4n) is 1.86. The van der Waals surface area contributed by atoms with Crippen LogP contribution in [0, 0.1) is 6.92 Å². The van der Waals surface area contributed by atoms with Crippen LogP contribution in [0.3, 0.4) is 0 Å². The Labute approximate surface area is 98.1 Å². The minimum atomic E-state index is 0.424. The SMILES string of the molecule is Cc1cc(-c2ccc3onc(N)c3c2)ccn1. The zero-order valence-corrected chi connectivity index (χ0v) is 9.34. The molecule has 3 aromatic rings. The van der Waals surface area contributed by atoms with Gasteiger partial charge in [0, 0.05) is 11.9 Å². The van der Waals surface area contributed by atoms with Crippen LogP contribution in [0.2, 0.25) is 0 Å². The molecule has 2 heterocycles. The van der Waals surface area contributed by atoms with Crippen LogP contribution in [0.25, 0.3) is 22.1 Å². The lowest BCUT2D eigenvalue weighted by Gasteiger charge is -2.02. The van der Waals surface area contributed by atoms with Crippen molar-refractivity contribution in [3.63, 3.8) is 0 Å². The maximum absolute atomic E-state index is 5.74. The third-order valence-corrected chi connectivity index (χ3v) is 2.73. The first-order valence-electron chi connectivity index (χ1n) is 5.32. The lowest BCUT2D eigenvalue weighted by Crippen LogP contribution is -1.85. The highest BCUT2D eigenvalue weighted by Crippen LogP contribution is 2.27. The first-order valence-corrected chi connectivity index (χ1v) is 5.32. The molecule has 2 aromatic heterocycles. The van der Waals surface area contributed by atoms with Crippen LogP contribution in [0.15, 0.2) is 41.1 Å². The van der Waals surface area contributed by atoms with Crippen molar-refractivity contribution in [3.05, 3.63) is 42.2 Å². The summed E-state index contributed by atoms with van der Waals surface area (Å²) in [6, 6.07) is 9.85. The summed E-state index contributed by atoms with van der Waals surface area (Å²) in [5, 5.41) is 4.58. The number of pyridine rings is 1. The van der Waals surface area contributed by atoms with Gasteiger partial charge in [-0.1, -0.05) is 11.2 Å². The van der Waals surface area contributed by atoms with Gasteiger partial charge in [-0.05, 0) is 42.3 Å². The minimum absolute atomic E-state index is 0.424. The molecule has 0 aliphatic rings. The number of anilines is 1. The Morgan fingerprint density at radius 3 is 2.76 bits per heavy atom. The molecule has 17 heavy (non-hydrogen) atoms. The summed E-state index contributed by atoms with van der Waals surface area (Å²) in [6.07, 6.45) is 1.80. The number of benzene rings is 1. The van der Waals surface area contributed by atoms with Crippen LogP contribution in [0.5, 0.6) is 0 Å².